The summed E-state index contributed by atoms with van der Waals surface area (Å²) in [7, 11) is 1.59. The molecule has 0 heterocycles. The number of carbonyl (C=O) groups excluding carboxylic acids is 1. The molecule has 0 saturated carbocycles. The third-order valence-corrected chi connectivity index (χ3v) is 4.97. The van der Waals surface area contributed by atoms with Gasteiger partial charge >= 0.3 is 0 Å². The summed E-state index contributed by atoms with van der Waals surface area (Å²) in [5, 5.41) is 3.06. The lowest BCUT2D eigenvalue weighted by atomic mass is 9.89. The lowest BCUT2D eigenvalue weighted by Crippen LogP contribution is -2.37. The number of para-hydroxylation sites is 2. The molecule has 2 atom stereocenters. The fourth-order valence-corrected chi connectivity index (χ4v) is 3.40. The van der Waals surface area contributed by atoms with E-state index in [4.69, 9.17) is 9.47 Å². The van der Waals surface area contributed by atoms with E-state index in [2.05, 4.69) is 23.5 Å². The van der Waals surface area contributed by atoms with Crippen molar-refractivity contribution in [2.45, 2.75) is 51.7 Å². The number of hydrogen-bond acceptors (Lipinski definition) is 3. The molecule has 138 valence electrons. The molecule has 0 radical (unpaired) electrons. The molecule has 0 bridgehead atoms. The van der Waals surface area contributed by atoms with Gasteiger partial charge in [0.1, 0.15) is 0 Å². The predicted molar refractivity (Wildman–Crippen MR) is 103 cm³/mol. The number of nitrogens with one attached hydrogen (secondary N) is 1. The minimum absolute atomic E-state index is 0.0570. The molecule has 3 rings (SSSR count). The smallest absolute Gasteiger partial charge is 0.261 e. The number of amides is 1. The molecule has 0 saturated heterocycles. The Morgan fingerprint density at radius 3 is 2.42 bits per heavy atom. The molecule has 4 heteroatoms. The Bertz CT molecular complexity index is 772. The van der Waals surface area contributed by atoms with E-state index in [1.807, 2.05) is 25.1 Å². The molecule has 0 unspecified atom stereocenters. The van der Waals surface area contributed by atoms with Crippen molar-refractivity contribution in [3.8, 4) is 11.5 Å². The maximum atomic E-state index is 12.5. The molecule has 0 fully saturated rings. The van der Waals surface area contributed by atoms with Crippen LogP contribution in [0.25, 0.3) is 0 Å². The summed E-state index contributed by atoms with van der Waals surface area (Å²) in [6, 6.07) is 13.9. The van der Waals surface area contributed by atoms with Crippen LogP contribution in [-0.4, -0.2) is 19.1 Å². The third kappa shape index (κ3) is 4.18. The molecule has 1 aliphatic carbocycles. The zero-order chi connectivity index (χ0) is 18.5. The molecule has 0 aromatic heterocycles. The fourth-order valence-electron chi connectivity index (χ4n) is 3.40. The molecule has 4 nitrogen and oxygen atoms in total. The maximum Gasteiger partial charge on any atom is 0.261 e. The van der Waals surface area contributed by atoms with E-state index in [1.165, 1.54) is 30.4 Å². The molecule has 1 amide bonds. The summed E-state index contributed by atoms with van der Waals surface area (Å²) < 4.78 is 11.1. The van der Waals surface area contributed by atoms with Gasteiger partial charge in [-0.2, -0.15) is 0 Å². The SMILES string of the molecule is COc1ccccc1O[C@H](C)C(=O)N[C@@H](C)c1ccc2c(c1)CCCC2. The average molecular weight is 353 g/mol. The highest BCUT2D eigenvalue weighted by atomic mass is 16.5. The van der Waals surface area contributed by atoms with Crippen molar-refractivity contribution in [2.75, 3.05) is 7.11 Å². The number of ether oxygens (including phenoxy) is 2. The molecule has 2 aromatic carbocycles. The average Bonchev–Trinajstić information content (AvgIpc) is 2.67. The fraction of sp³-hybridized carbons (Fsp3) is 0.409. The quantitative estimate of drug-likeness (QED) is 0.846. The van der Waals surface area contributed by atoms with Crippen molar-refractivity contribution >= 4 is 5.91 Å². The first-order valence-electron chi connectivity index (χ1n) is 9.30. The monoisotopic (exact) mass is 353 g/mol. The van der Waals surface area contributed by atoms with Crippen LogP contribution in [0, 0.1) is 0 Å². The van der Waals surface area contributed by atoms with Gasteiger partial charge in [-0.05, 0) is 68.4 Å². The molecular weight excluding hydrogens is 326 g/mol. The highest BCUT2D eigenvalue weighted by molar-refractivity contribution is 5.81. The second-order valence-electron chi connectivity index (χ2n) is 6.88. The van der Waals surface area contributed by atoms with Crippen LogP contribution in [0.2, 0.25) is 0 Å². The number of carbonyl (C=O) groups is 1. The van der Waals surface area contributed by atoms with Crippen molar-refractivity contribution < 1.29 is 14.3 Å². The van der Waals surface area contributed by atoms with Crippen LogP contribution in [0.4, 0.5) is 0 Å². The summed E-state index contributed by atoms with van der Waals surface area (Å²) in [5.74, 6) is 1.05. The number of fused-ring (bicyclic) bond motifs is 1. The first-order valence-corrected chi connectivity index (χ1v) is 9.30. The van der Waals surface area contributed by atoms with Crippen LogP contribution in [-0.2, 0) is 17.6 Å². The van der Waals surface area contributed by atoms with E-state index < -0.39 is 6.10 Å². The first-order chi connectivity index (χ1) is 12.6. The van der Waals surface area contributed by atoms with E-state index in [9.17, 15) is 4.79 Å². The maximum absolute atomic E-state index is 12.5. The molecular formula is C22H27NO3. The van der Waals surface area contributed by atoms with Crippen LogP contribution < -0.4 is 14.8 Å². The largest absolute Gasteiger partial charge is 0.493 e. The Kier molecular flexibility index (Phi) is 5.82. The van der Waals surface area contributed by atoms with Crippen LogP contribution in [0.15, 0.2) is 42.5 Å². The van der Waals surface area contributed by atoms with E-state index in [0.29, 0.717) is 11.5 Å². The molecule has 0 spiro atoms. The van der Waals surface area contributed by atoms with Crippen molar-refractivity contribution in [3.63, 3.8) is 0 Å². The molecule has 1 aliphatic rings. The van der Waals surface area contributed by atoms with Crippen molar-refractivity contribution in [1.29, 1.82) is 0 Å². The van der Waals surface area contributed by atoms with Crippen LogP contribution in [0.1, 0.15) is 49.4 Å². The van der Waals surface area contributed by atoms with E-state index >= 15 is 0 Å². The topological polar surface area (TPSA) is 47.6 Å². The van der Waals surface area contributed by atoms with Gasteiger partial charge in [0.2, 0.25) is 0 Å². The number of aryl methyl sites for hydroxylation is 2. The van der Waals surface area contributed by atoms with Gasteiger partial charge in [0.05, 0.1) is 13.2 Å². The van der Waals surface area contributed by atoms with Gasteiger partial charge in [0, 0.05) is 0 Å². The second-order valence-corrected chi connectivity index (χ2v) is 6.88. The van der Waals surface area contributed by atoms with Gasteiger partial charge in [0.25, 0.3) is 5.91 Å². The number of hydrogen-bond donors (Lipinski definition) is 1. The summed E-state index contributed by atoms with van der Waals surface area (Å²) in [5.41, 5.74) is 4.02. The highest BCUT2D eigenvalue weighted by Crippen LogP contribution is 2.27. The van der Waals surface area contributed by atoms with Gasteiger partial charge < -0.3 is 14.8 Å². The molecule has 1 N–H and O–H groups in total. The minimum Gasteiger partial charge on any atom is -0.493 e. The van der Waals surface area contributed by atoms with Gasteiger partial charge in [-0.1, -0.05) is 30.3 Å². The summed E-state index contributed by atoms with van der Waals surface area (Å²) in [6.07, 6.45) is 4.22. The Morgan fingerprint density at radius 2 is 1.69 bits per heavy atom. The van der Waals surface area contributed by atoms with Crippen LogP contribution in [0.3, 0.4) is 0 Å². The Hall–Kier alpha value is -2.49. The summed E-state index contributed by atoms with van der Waals surface area (Å²) in [4.78, 5) is 12.5. The Labute approximate surface area is 155 Å². The zero-order valence-corrected chi connectivity index (χ0v) is 15.7. The number of methoxy groups -OCH3 is 1. The molecule has 2 aromatic rings. The lowest BCUT2D eigenvalue weighted by Gasteiger charge is -2.22. The minimum atomic E-state index is -0.605. The predicted octanol–water partition coefficient (Wildman–Crippen LogP) is 4.22. The number of benzene rings is 2. The molecule has 0 aliphatic heterocycles. The van der Waals surface area contributed by atoms with Gasteiger partial charge in [-0.25, -0.2) is 0 Å². The van der Waals surface area contributed by atoms with Crippen molar-refractivity contribution in [1.82, 2.24) is 5.32 Å². The van der Waals surface area contributed by atoms with E-state index in [-0.39, 0.29) is 11.9 Å². The van der Waals surface area contributed by atoms with Gasteiger partial charge in [-0.3, -0.25) is 4.79 Å². The Balaban J connectivity index is 1.63. The molecule has 26 heavy (non-hydrogen) atoms. The summed E-state index contributed by atoms with van der Waals surface area (Å²) >= 11 is 0. The first kappa shape index (κ1) is 18.3. The van der Waals surface area contributed by atoms with Crippen molar-refractivity contribution in [3.05, 3.63) is 59.2 Å². The van der Waals surface area contributed by atoms with Crippen molar-refractivity contribution in [2.24, 2.45) is 0 Å². The number of rotatable bonds is 6. The standard InChI is InChI=1S/C22H27NO3/c1-15(18-13-12-17-8-4-5-9-19(17)14-18)23-22(24)16(2)26-21-11-7-6-10-20(21)25-3/h6-7,10-16H,4-5,8-9H2,1-3H3,(H,23,24)/t15-,16+/m0/s1. The third-order valence-electron chi connectivity index (χ3n) is 4.97. The van der Waals surface area contributed by atoms with E-state index in [1.54, 1.807) is 20.1 Å². The van der Waals surface area contributed by atoms with Gasteiger partial charge in [-0.15, -0.1) is 0 Å². The van der Waals surface area contributed by atoms with E-state index in [0.717, 1.165) is 12.0 Å². The Morgan fingerprint density at radius 1 is 1.00 bits per heavy atom. The summed E-state index contributed by atoms with van der Waals surface area (Å²) in [6.45, 7) is 3.76. The lowest BCUT2D eigenvalue weighted by molar-refractivity contribution is -0.127. The zero-order valence-electron chi connectivity index (χ0n) is 15.7. The second kappa shape index (κ2) is 8.26. The van der Waals surface area contributed by atoms with Crippen LogP contribution >= 0.6 is 0 Å². The highest BCUT2D eigenvalue weighted by Gasteiger charge is 2.20. The van der Waals surface area contributed by atoms with Crippen LogP contribution in [0.5, 0.6) is 11.5 Å². The van der Waals surface area contributed by atoms with Gasteiger partial charge in [0.15, 0.2) is 17.6 Å². The normalized spacial score (nSPS) is 15.5.